The second kappa shape index (κ2) is 9.83. The van der Waals surface area contributed by atoms with Gasteiger partial charge >= 0.3 is 0 Å². The van der Waals surface area contributed by atoms with Crippen LogP contribution in [-0.2, 0) is 0 Å². The molecule has 1 fully saturated rings. The lowest BCUT2D eigenvalue weighted by molar-refractivity contribution is 0.0938. The average molecular weight is 463 g/mol. The van der Waals surface area contributed by atoms with Crippen LogP contribution in [0.25, 0.3) is 10.9 Å². The highest BCUT2D eigenvalue weighted by Gasteiger charge is 2.24. The molecule has 0 saturated heterocycles. The third-order valence-electron chi connectivity index (χ3n) is 6.75. The summed E-state index contributed by atoms with van der Waals surface area (Å²) in [5, 5.41) is 7.64. The summed E-state index contributed by atoms with van der Waals surface area (Å²) in [5.41, 5.74) is 3.51. The molecular formula is C26H34N6O2. The van der Waals surface area contributed by atoms with Gasteiger partial charge in [0.2, 0.25) is 5.95 Å². The quantitative estimate of drug-likeness (QED) is 0.454. The Morgan fingerprint density at radius 1 is 1.09 bits per heavy atom. The summed E-state index contributed by atoms with van der Waals surface area (Å²) in [5.74, 6) is 1.84. The molecular weight excluding hydrogens is 428 g/mol. The topological polar surface area (TPSA) is 103 Å². The van der Waals surface area contributed by atoms with Gasteiger partial charge in [-0.1, -0.05) is 12.1 Å². The van der Waals surface area contributed by atoms with Crippen LogP contribution in [0.5, 0.6) is 0 Å². The molecule has 0 radical (unpaired) electrons. The molecule has 0 aliphatic heterocycles. The van der Waals surface area contributed by atoms with Gasteiger partial charge in [-0.05, 0) is 70.1 Å². The van der Waals surface area contributed by atoms with Gasteiger partial charge in [0.15, 0.2) is 5.78 Å². The van der Waals surface area contributed by atoms with Gasteiger partial charge in [0.25, 0.3) is 5.91 Å². The fourth-order valence-corrected chi connectivity index (χ4v) is 4.99. The predicted octanol–water partition coefficient (Wildman–Crippen LogP) is 4.24. The van der Waals surface area contributed by atoms with Crippen molar-refractivity contribution in [2.45, 2.75) is 52.5 Å². The fourth-order valence-electron chi connectivity index (χ4n) is 4.99. The molecule has 0 bridgehead atoms. The van der Waals surface area contributed by atoms with Crippen molar-refractivity contribution in [3.05, 3.63) is 46.8 Å². The molecule has 4 rings (SSSR count). The van der Waals surface area contributed by atoms with Crippen molar-refractivity contribution in [2.24, 2.45) is 5.92 Å². The minimum Gasteiger partial charge on any atom is -0.362 e. The van der Waals surface area contributed by atoms with Crippen LogP contribution in [0.3, 0.4) is 0 Å². The Labute approximate surface area is 200 Å². The summed E-state index contributed by atoms with van der Waals surface area (Å²) in [6.07, 6.45) is 4.05. The van der Waals surface area contributed by atoms with Gasteiger partial charge in [-0.25, -0.2) is 4.98 Å². The zero-order valence-electron chi connectivity index (χ0n) is 20.7. The van der Waals surface area contributed by atoms with Gasteiger partial charge in [-0.15, -0.1) is 0 Å². The predicted molar refractivity (Wildman–Crippen MR) is 136 cm³/mol. The number of nitrogens with one attached hydrogen (secondary N) is 3. The average Bonchev–Trinajstić information content (AvgIpc) is 3.11. The summed E-state index contributed by atoms with van der Waals surface area (Å²) >= 11 is 0. The summed E-state index contributed by atoms with van der Waals surface area (Å²) in [6.45, 7) is 5.81. The number of benzene rings is 1. The molecule has 1 aliphatic carbocycles. The SMILES string of the molecule is CC(=O)c1c(C)[nH]c(C(=O)NC[C@H]2CC[C@@H](Nc3nc(N(C)C)c4ccccc4n3)CC2)c1C. The van der Waals surface area contributed by atoms with Gasteiger partial charge in [0.05, 0.1) is 5.52 Å². The van der Waals surface area contributed by atoms with Crippen molar-refractivity contribution in [3.63, 3.8) is 0 Å². The van der Waals surface area contributed by atoms with Gasteiger partial charge in [0, 0.05) is 43.3 Å². The van der Waals surface area contributed by atoms with E-state index in [0.717, 1.165) is 53.7 Å². The monoisotopic (exact) mass is 462 g/mol. The summed E-state index contributed by atoms with van der Waals surface area (Å²) in [6, 6.07) is 8.38. The van der Waals surface area contributed by atoms with E-state index in [1.165, 1.54) is 6.92 Å². The fraction of sp³-hybridized carbons (Fsp3) is 0.462. The molecule has 1 aliphatic rings. The molecule has 0 spiro atoms. The molecule has 0 unspecified atom stereocenters. The molecule has 3 N–H and O–H groups in total. The zero-order chi connectivity index (χ0) is 24.4. The van der Waals surface area contributed by atoms with E-state index < -0.39 is 0 Å². The van der Waals surface area contributed by atoms with Crippen LogP contribution >= 0.6 is 0 Å². The number of ketones is 1. The van der Waals surface area contributed by atoms with E-state index in [1.807, 2.05) is 57.1 Å². The van der Waals surface area contributed by atoms with Crippen molar-refractivity contribution in [1.82, 2.24) is 20.3 Å². The lowest BCUT2D eigenvalue weighted by Crippen LogP contribution is -2.34. The maximum Gasteiger partial charge on any atom is 0.268 e. The zero-order valence-corrected chi connectivity index (χ0v) is 20.7. The number of H-pyrrole nitrogens is 1. The number of nitrogens with zero attached hydrogens (tertiary/aromatic N) is 3. The highest BCUT2D eigenvalue weighted by atomic mass is 16.2. The number of Topliss-reactive ketones (excluding diaryl/α,β-unsaturated/α-hetero) is 1. The Kier molecular flexibility index (Phi) is 6.86. The Morgan fingerprint density at radius 3 is 2.44 bits per heavy atom. The van der Waals surface area contributed by atoms with Crippen molar-refractivity contribution in [1.29, 1.82) is 0 Å². The lowest BCUT2D eigenvalue weighted by atomic mass is 9.86. The first kappa shape index (κ1) is 23.7. The van der Waals surface area contributed by atoms with Crippen LogP contribution in [0.1, 0.15) is 64.7 Å². The number of aromatic nitrogens is 3. The first-order chi connectivity index (χ1) is 16.2. The normalized spacial score (nSPS) is 18.0. The maximum absolute atomic E-state index is 12.7. The minimum atomic E-state index is -0.144. The number of aromatic amines is 1. The summed E-state index contributed by atoms with van der Waals surface area (Å²) in [7, 11) is 3.99. The van der Waals surface area contributed by atoms with Gasteiger partial charge < -0.3 is 20.5 Å². The van der Waals surface area contributed by atoms with Crippen molar-refractivity contribution in [3.8, 4) is 0 Å². The Balaban J connectivity index is 1.32. The molecule has 8 heteroatoms. The van der Waals surface area contributed by atoms with Crippen molar-refractivity contribution in [2.75, 3.05) is 30.9 Å². The first-order valence-electron chi connectivity index (χ1n) is 11.9. The number of hydrogen-bond acceptors (Lipinski definition) is 6. The van der Waals surface area contributed by atoms with Crippen LogP contribution in [0.2, 0.25) is 0 Å². The standard InChI is InChI=1S/C26H34N6O2/c1-15-22(17(3)33)16(2)28-23(15)25(34)27-14-18-10-12-19(13-11-18)29-26-30-21-9-7-6-8-20(21)24(31-26)32(4)5/h6-9,18-19,28H,10-14H2,1-5H3,(H,27,34)(H,29,30,31)/t18-,19+. The molecule has 1 saturated carbocycles. The minimum absolute atomic E-state index is 0.0239. The number of hydrogen-bond donors (Lipinski definition) is 3. The Hall–Kier alpha value is -3.42. The van der Waals surface area contributed by atoms with Crippen LogP contribution < -0.4 is 15.5 Å². The molecule has 34 heavy (non-hydrogen) atoms. The smallest absolute Gasteiger partial charge is 0.268 e. The number of rotatable bonds is 7. The van der Waals surface area contributed by atoms with E-state index in [0.29, 0.717) is 35.7 Å². The number of carbonyl (C=O) groups excluding carboxylic acids is 2. The molecule has 2 heterocycles. The number of fused-ring (bicyclic) bond motifs is 1. The first-order valence-corrected chi connectivity index (χ1v) is 11.9. The Morgan fingerprint density at radius 2 is 1.79 bits per heavy atom. The number of para-hydroxylation sites is 1. The molecule has 3 aromatic rings. The van der Waals surface area contributed by atoms with Crippen LogP contribution in [0.4, 0.5) is 11.8 Å². The number of anilines is 2. The van der Waals surface area contributed by atoms with Crippen molar-refractivity contribution >= 4 is 34.4 Å². The number of aryl methyl sites for hydroxylation is 1. The molecule has 8 nitrogen and oxygen atoms in total. The van der Waals surface area contributed by atoms with Crippen LogP contribution in [0, 0.1) is 19.8 Å². The number of amides is 1. The third kappa shape index (κ3) is 4.90. The van der Waals surface area contributed by atoms with Crippen LogP contribution in [-0.4, -0.2) is 53.3 Å². The largest absolute Gasteiger partial charge is 0.362 e. The number of carbonyl (C=O) groups is 2. The summed E-state index contributed by atoms with van der Waals surface area (Å²) < 4.78 is 0. The summed E-state index contributed by atoms with van der Waals surface area (Å²) in [4.78, 5) is 39.1. The van der Waals surface area contributed by atoms with Gasteiger partial charge in [-0.3, -0.25) is 9.59 Å². The van der Waals surface area contributed by atoms with Gasteiger partial charge in [-0.2, -0.15) is 4.98 Å². The highest BCUT2D eigenvalue weighted by molar-refractivity contribution is 6.02. The molecule has 180 valence electrons. The second-order valence-corrected chi connectivity index (χ2v) is 9.54. The Bertz CT molecular complexity index is 1210. The maximum atomic E-state index is 12.7. The molecule has 0 atom stereocenters. The van der Waals surface area contributed by atoms with E-state index >= 15 is 0 Å². The van der Waals surface area contributed by atoms with E-state index in [9.17, 15) is 9.59 Å². The highest BCUT2D eigenvalue weighted by Crippen LogP contribution is 2.28. The van der Waals surface area contributed by atoms with E-state index in [-0.39, 0.29) is 11.7 Å². The van der Waals surface area contributed by atoms with E-state index in [4.69, 9.17) is 9.97 Å². The lowest BCUT2D eigenvalue weighted by Gasteiger charge is -2.29. The van der Waals surface area contributed by atoms with Crippen molar-refractivity contribution < 1.29 is 9.59 Å². The molecule has 1 aromatic carbocycles. The van der Waals surface area contributed by atoms with E-state index in [1.54, 1.807) is 0 Å². The van der Waals surface area contributed by atoms with Crippen LogP contribution in [0.15, 0.2) is 24.3 Å². The molecule has 2 aromatic heterocycles. The third-order valence-corrected chi connectivity index (χ3v) is 6.75. The molecule has 1 amide bonds. The second-order valence-electron chi connectivity index (χ2n) is 9.54. The van der Waals surface area contributed by atoms with Gasteiger partial charge in [0.1, 0.15) is 11.5 Å². The van der Waals surface area contributed by atoms with E-state index in [2.05, 4.69) is 15.6 Å².